The van der Waals surface area contributed by atoms with Crippen LogP contribution < -0.4 is 14.8 Å². The van der Waals surface area contributed by atoms with E-state index >= 15 is 0 Å². The highest BCUT2D eigenvalue weighted by Crippen LogP contribution is 2.32. The van der Waals surface area contributed by atoms with E-state index in [4.69, 9.17) is 9.47 Å². The SMILES string of the molecule is CCN1C(=O)N[C@@H](CC(F)(F)F)CCCCCOc2nc(nn3ccnc23)-c2cc(cnc2OC)[C@H]1C. The van der Waals surface area contributed by atoms with Gasteiger partial charge in [-0.15, -0.1) is 5.10 Å². The summed E-state index contributed by atoms with van der Waals surface area (Å²) in [5.74, 6) is 0.847. The van der Waals surface area contributed by atoms with Crippen molar-refractivity contribution in [2.45, 2.75) is 64.2 Å². The molecule has 200 valence electrons. The van der Waals surface area contributed by atoms with Crippen LogP contribution in [-0.4, -0.2) is 68.0 Å². The van der Waals surface area contributed by atoms with Crippen LogP contribution in [0, 0.1) is 0 Å². The van der Waals surface area contributed by atoms with Gasteiger partial charge in [0.25, 0.3) is 5.88 Å². The van der Waals surface area contributed by atoms with Crippen LogP contribution in [0.4, 0.5) is 18.0 Å². The molecule has 0 aliphatic carbocycles. The second-order valence-corrected chi connectivity index (χ2v) is 8.89. The topological polar surface area (TPSA) is 107 Å². The van der Waals surface area contributed by atoms with Gasteiger partial charge in [-0.2, -0.15) is 18.2 Å². The summed E-state index contributed by atoms with van der Waals surface area (Å²) in [5.41, 5.74) is 1.56. The molecule has 1 aliphatic heterocycles. The molecule has 13 heteroatoms. The zero-order valence-electron chi connectivity index (χ0n) is 21.0. The maximum absolute atomic E-state index is 13.2. The predicted octanol–water partition coefficient (Wildman–Crippen LogP) is 4.56. The highest BCUT2D eigenvalue weighted by molar-refractivity contribution is 5.75. The van der Waals surface area contributed by atoms with Gasteiger partial charge in [0.05, 0.1) is 31.7 Å². The van der Waals surface area contributed by atoms with Crippen molar-refractivity contribution in [1.29, 1.82) is 0 Å². The number of rotatable bonds is 3. The van der Waals surface area contributed by atoms with Crippen LogP contribution in [-0.2, 0) is 0 Å². The number of fused-ring (bicyclic) bond motifs is 7. The molecule has 1 N–H and O–H groups in total. The Morgan fingerprint density at radius 1 is 1.24 bits per heavy atom. The molecule has 2 amide bonds. The lowest BCUT2D eigenvalue weighted by Gasteiger charge is -2.31. The Morgan fingerprint density at radius 3 is 2.78 bits per heavy atom. The van der Waals surface area contributed by atoms with Gasteiger partial charge in [0.2, 0.25) is 11.5 Å². The summed E-state index contributed by atoms with van der Waals surface area (Å²) in [7, 11) is 1.48. The fraction of sp³-hybridized carbons (Fsp3) is 0.542. The van der Waals surface area contributed by atoms with Crippen molar-refractivity contribution in [3.63, 3.8) is 0 Å². The van der Waals surface area contributed by atoms with Gasteiger partial charge >= 0.3 is 12.2 Å². The number of imidazole rings is 1. The number of aromatic nitrogens is 5. The lowest BCUT2D eigenvalue weighted by atomic mass is 10.0. The smallest absolute Gasteiger partial charge is 0.391 e. The second kappa shape index (κ2) is 11.2. The van der Waals surface area contributed by atoms with Gasteiger partial charge in [-0.1, -0.05) is 6.42 Å². The normalized spacial score (nSPS) is 19.7. The number of pyridine rings is 1. The molecule has 0 saturated heterocycles. The number of nitrogens with one attached hydrogen (secondary N) is 1. The van der Waals surface area contributed by atoms with Crippen LogP contribution in [0.3, 0.4) is 0 Å². The largest absolute Gasteiger partial charge is 0.480 e. The van der Waals surface area contributed by atoms with Gasteiger partial charge < -0.3 is 19.7 Å². The van der Waals surface area contributed by atoms with Gasteiger partial charge in [0, 0.05) is 31.2 Å². The van der Waals surface area contributed by atoms with Crippen molar-refractivity contribution < 1.29 is 27.4 Å². The van der Waals surface area contributed by atoms with Crippen LogP contribution >= 0.6 is 0 Å². The maximum Gasteiger partial charge on any atom is 0.391 e. The number of urea groups is 1. The van der Waals surface area contributed by atoms with Crippen molar-refractivity contribution in [1.82, 2.24) is 34.8 Å². The van der Waals surface area contributed by atoms with Gasteiger partial charge in [-0.05, 0) is 44.7 Å². The average Bonchev–Trinajstić information content (AvgIpc) is 3.33. The molecule has 0 fully saturated rings. The third-order valence-corrected chi connectivity index (χ3v) is 6.32. The number of carbonyl (C=O) groups is 1. The molecule has 4 rings (SSSR count). The number of carbonyl (C=O) groups excluding carboxylic acids is 1. The van der Waals surface area contributed by atoms with E-state index < -0.39 is 30.7 Å². The van der Waals surface area contributed by atoms with E-state index in [1.165, 1.54) is 12.0 Å². The van der Waals surface area contributed by atoms with Crippen molar-refractivity contribution in [3.05, 3.63) is 30.2 Å². The quantitative estimate of drug-likeness (QED) is 0.538. The molecular weight excluding hydrogens is 491 g/mol. The van der Waals surface area contributed by atoms with E-state index in [0.717, 1.165) is 0 Å². The zero-order chi connectivity index (χ0) is 26.6. The molecule has 0 unspecified atom stereocenters. The minimum Gasteiger partial charge on any atom is -0.480 e. The third-order valence-electron chi connectivity index (χ3n) is 6.32. The summed E-state index contributed by atoms with van der Waals surface area (Å²) in [5, 5.41) is 7.14. The van der Waals surface area contributed by atoms with E-state index in [9.17, 15) is 18.0 Å². The molecule has 4 heterocycles. The van der Waals surface area contributed by atoms with Crippen LogP contribution in [0.5, 0.6) is 11.8 Å². The van der Waals surface area contributed by atoms with E-state index in [1.807, 2.05) is 0 Å². The molecule has 0 aromatic carbocycles. The van der Waals surface area contributed by atoms with Crippen molar-refractivity contribution in [2.75, 3.05) is 20.3 Å². The summed E-state index contributed by atoms with van der Waals surface area (Å²) >= 11 is 0. The van der Waals surface area contributed by atoms with Crippen LogP contribution in [0.2, 0.25) is 0 Å². The van der Waals surface area contributed by atoms with Crippen LogP contribution in [0.15, 0.2) is 24.7 Å². The molecule has 3 aromatic rings. The van der Waals surface area contributed by atoms with E-state index in [0.29, 0.717) is 48.5 Å². The number of hydrogen-bond acceptors (Lipinski definition) is 7. The Hall–Kier alpha value is -3.64. The number of nitrogens with zero attached hydrogens (tertiary/aromatic N) is 6. The van der Waals surface area contributed by atoms with Gasteiger partial charge in [0.15, 0.2) is 5.82 Å². The van der Waals surface area contributed by atoms with Crippen molar-refractivity contribution in [2.24, 2.45) is 0 Å². The minimum absolute atomic E-state index is 0.202. The van der Waals surface area contributed by atoms with E-state index in [2.05, 4.69) is 25.4 Å². The maximum atomic E-state index is 13.2. The van der Waals surface area contributed by atoms with Crippen molar-refractivity contribution >= 4 is 11.7 Å². The Bertz CT molecular complexity index is 1230. The molecule has 2 atom stereocenters. The van der Waals surface area contributed by atoms with E-state index in [1.54, 1.807) is 43.0 Å². The molecule has 37 heavy (non-hydrogen) atoms. The number of ether oxygens (including phenoxy) is 2. The van der Waals surface area contributed by atoms with E-state index in [-0.39, 0.29) is 24.7 Å². The zero-order valence-corrected chi connectivity index (χ0v) is 21.0. The fourth-order valence-corrected chi connectivity index (χ4v) is 4.41. The summed E-state index contributed by atoms with van der Waals surface area (Å²) in [6.07, 6.45) is 1.26. The summed E-state index contributed by atoms with van der Waals surface area (Å²) in [6, 6.07) is -0.329. The number of amides is 2. The first-order chi connectivity index (χ1) is 17.7. The Labute approximate surface area is 212 Å². The summed E-state index contributed by atoms with van der Waals surface area (Å²) < 4.78 is 52.6. The third kappa shape index (κ3) is 6.20. The number of methoxy groups -OCH3 is 1. The van der Waals surface area contributed by atoms with Gasteiger partial charge in [0.1, 0.15) is 0 Å². The first-order valence-electron chi connectivity index (χ1n) is 12.2. The molecule has 1 aliphatic rings. The highest BCUT2D eigenvalue weighted by Gasteiger charge is 2.34. The fourth-order valence-electron chi connectivity index (χ4n) is 4.41. The minimum atomic E-state index is -4.39. The molecule has 3 aromatic heterocycles. The molecular formula is C24H30F3N7O3. The molecule has 0 saturated carbocycles. The second-order valence-electron chi connectivity index (χ2n) is 8.89. The Kier molecular flexibility index (Phi) is 7.98. The molecule has 0 radical (unpaired) electrons. The predicted molar refractivity (Wildman–Crippen MR) is 128 cm³/mol. The van der Waals surface area contributed by atoms with Gasteiger partial charge in [-0.25, -0.2) is 19.3 Å². The molecule has 0 spiro atoms. The van der Waals surface area contributed by atoms with Gasteiger partial charge in [-0.3, -0.25) is 0 Å². The number of alkyl halides is 3. The summed E-state index contributed by atoms with van der Waals surface area (Å²) in [4.78, 5) is 27.8. The number of halogens is 3. The standard InChI is InChI=1S/C24H30F3N7O3/c1-4-33-15(2)16-12-18(21(36-3)29-14-16)19-31-22(20-28-9-10-34(20)32-19)37-11-7-5-6-8-17(30-23(33)35)13-24(25,26)27/h9-10,12,14-15,17H,4-8,11,13H2,1-3H3,(H,30,35)/t15-,17-/m1/s1. The Morgan fingerprint density at radius 2 is 2.05 bits per heavy atom. The average molecular weight is 522 g/mol. The summed E-state index contributed by atoms with van der Waals surface area (Å²) in [6.45, 7) is 4.14. The number of hydrogen-bond donors (Lipinski definition) is 1. The monoisotopic (exact) mass is 521 g/mol. The molecule has 4 bridgehead atoms. The first-order valence-corrected chi connectivity index (χ1v) is 12.2. The van der Waals surface area contributed by atoms with Crippen LogP contribution in [0.1, 0.15) is 57.6 Å². The highest BCUT2D eigenvalue weighted by atomic mass is 19.4. The Balaban J connectivity index is 1.76. The van der Waals surface area contributed by atoms with Crippen LogP contribution in [0.25, 0.3) is 17.0 Å². The lowest BCUT2D eigenvalue weighted by molar-refractivity contribution is -0.139. The van der Waals surface area contributed by atoms with Crippen molar-refractivity contribution in [3.8, 4) is 23.1 Å². The first kappa shape index (κ1) is 26.4. The lowest BCUT2D eigenvalue weighted by Crippen LogP contribution is -2.47. The molecule has 10 nitrogen and oxygen atoms in total.